The van der Waals surface area contributed by atoms with Gasteiger partial charge < -0.3 is 9.47 Å². The molecule has 1 fully saturated rings. The van der Waals surface area contributed by atoms with Gasteiger partial charge in [-0.2, -0.15) is 26.3 Å². The van der Waals surface area contributed by atoms with E-state index < -0.39 is 59.6 Å². The average Bonchev–Trinajstić information content (AvgIpc) is 2.44. The van der Waals surface area contributed by atoms with Gasteiger partial charge in [-0.1, -0.05) is 6.58 Å². The number of carbonyl (C=O) groups excluding carboxylic acids is 2. The minimum Gasteiger partial charge on any atom is -0.452 e. The predicted octanol–water partition coefficient (Wildman–Crippen LogP) is 3.65. The molecule has 0 aromatic heterocycles. The van der Waals surface area contributed by atoms with Crippen LogP contribution < -0.4 is 0 Å². The Kier molecular flexibility index (Phi) is 5.14. The smallest absolute Gasteiger partial charge is 0.444 e. The van der Waals surface area contributed by atoms with E-state index in [-0.39, 0.29) is 6.92 Å². The van der Waals surface area contributed by atoms with Crippen molar-refractivity contribution in [1.29, 1.82) is 0 Å². The van der Waals surface area contributed by atoms with Gasteiger partial charge in [0, 0.05) is 5.57 Å². The minimum absolute atomic E-state index is 0.247. The summed E-state index contributed by atoms with van der Waals surface area (Å²) in [6, 6.07) is 0. The third-order valence-corrected chi connectivity index (χ3v) is 3.56. The van der Waals surface area contributed by atoms with Gasteiger partial charge in [-0.15, -0.1) is 0 Å². The highest BCUT2D eigenvalue weighted by Crippen LogP contribution is 2.58. The summed E-state index contributed by atoms with van der Waals surface area (Å²) in [4.78, 5) is 22.9. The lowest BCUT2D eigenvalue weighted by atomic mass is 9.84. The molecule has 1 heterocycles. The monoisotopic (exact) mass is 402 g/mol. The van der Waals surface area contributed by atoms with Gasteiger partial charge in [0.15, 0.2) is 5.60 Å². The standard InChI is InChI=1S/C13H11F9O4/c1-5(2)7(23)25-9(3)4-10(15,16)11(12(17,18)19,13(20,21)22)26-8(24)6(9)14/h6H,1,4H2,2-3H3. The number of halogens is 9. The average molecular weight is 402 g/mol. The van der Waals surface area contributed by atoms with Crippen LogP contribution in [0.3, 0.4) is 0 Å². The molecule has 2 unspecified atom stereocenters. The fourth-order valence-corrected chi connectivity index (χ4v) is 2.26. The molecule has 0 spiro atoms. The molecule has 1 saturated heterocycles. The summed E-state index contributed by atoms with van der Waals surface area (Å²) < 4.78 is 128. The van der Waals surface area contributed by atoms with Crippen LogP contribution in [-0.2, 0) is 19.1 Å². The molecule has 150 valence electrons. The summed E-state index contributed by atoms with van der Waals surface area (Å²) >= 11 is 0. The van der Waals surface area contributed by atoms with Gasteiger partial charge in [0.1, 0.15) is 0 Å². The largest absolute Gasteiger partial charge is 0.452 e. The third-order valence-electron chi connectivity index (χ3n) is 3.56. The van der Waals surface area contributed by atoms with Crippen LogP contribution in [0.15, 0.2) is 12.2 Å². The molecule has 26 heavy (non-hydrogen) atoms. The van der Waals surface area contributed by atoms with E-state index in [0.29, 0.717) is 0 Å². The highest BCUT2D eigenvalue weighted by molar-refractivity contribution is 5.88. The molecule has 1 rings (SSSR count). The van der Waals surface area contributed by atoms with Crippen LogP contribution in [0.5, 0.6) is 0 Å². The van der Waals surface area contributed by atoms with E-state index in [1.165, 1.54) is 0 Å². The third kappa shape index (κ3) is 3.22. The number of alkyl halides is 9. The summed E-state index contributed by atoms with van der Waals surface area (Å²) in [6.45, 7) is 4.19. The molecule has 0 aromatic rings. The molecule has 0 aliphatic carbocycles. The lowest BCUT2D eigenvalue weighted by molar-refractivity contribution is -0.421. The SMILES string of the molecule is C=C(C)C(=O)OC1(C)CC(F)(F)C(C(F)(F)F)(C(F)(F)F)OC(=O)C1F. The maximum atomic E-state index is 14.2. The zero-order valence-corrected chi connectivity index (χ0v) is 13.0. The fourth-order valence-electron chi connectivity index (χ4n) is 2.26. The van der Waals surface area contributed by atoms with E-state index in [0.717, 1.165) is 6.92 Å². The van der Waals surface area contributed by atoms with E-state index in [2.05, 4.69) is 16.1 Å². The Morgan fingerprint density at radius 3 is 1.96 bits per heavy atom. The molecule has 0 bridgehead atoms. The van der Waals surface area contributed by atoms with Crippen molar-refractivity contribution < 1.29 is 58.6 Å². The van der Waals surface area contributed by atoms with Gasteiger partial charge in [0.25, 0.3) is 0 Å². The number of hydrogen-bond acceptors (Lipinski definition) is 4. The van der Waals surface area contributed by atoms with Gasteiger partial charge in [0.05, 0.1) is 6.42 Å². The molecule has 2 atom stereocenters. The first-order valence-corrected chi connectivity index (χ1v) is 6.59. The van der Waals surface area contributed by atoms with Crippen LogP contribution in [0.25, 0.3) is 0 Å². The first kappa shape index (κ1) is 22.1. The Hall–Kier alpha value is -1.95. The van der Waals surface area contributed by atoms with Crippen molar-refractivity contribution in [3.8, 4) is 0 Å². The molecule has 1 aliphatic rings. The summed E-state index contributed by atoms with van der Waals surface area (Å²) in [5.74, 6) is -10.4. The topological polar surface area (TPSA) is 52.6 Å². The molecule has 1 aliphatic heterocycles. The molecule has 13 heteroatoms. The zero-order chi connectivity index (χ0) is 20.9. The van der Waals surface area contributed by atoms with Crippen molar-refractivity contribution >= 4 is 11.9 Å². The number of hydrogen-bond donors (Lipinski definition) is 0. The van der Waals surface area contributed by atoms with Crippen LogP contribution in [-0.4, -0.2) is 47.6 Å². The number of rotatable bonds is 2. The first-order chi connectivity index (χ1) is 11.3. The summed E-state index contributed by atoms with van der Waals surface area (Å²) in [5.41, 5.74) is -10.2. The number of ether oxygens (including phenoxy) is 2. The highest BCUT2D eigenvalue weighted by Gasteiger charge is 2.87. The molecular formula is C13H11F9O4. The quantitative estimate of drug-likeness (QED) is 0.402. The normalized spacial score (nSPS) is 28.7. The van der Waals surface area contributed by atoms with Crippen LogP contribution in [0.2, 0.25) is 0 Å². The van der Waals surface area contributed by atoms with Crippen LogP contribution in [0.4, 0.5) is 39.5 Å². The molecule has 0 saturated carbocycles. The lowest BCUT2D eigenvalue weighted by Crippen LogP contribution is -2.69. The molecule has 4 nitrogen and oxygen atoms in total. The second-order valence-corrected chi connectivity index (χ2v) is 5.82. The Balaban J connectivity index is 3.65. The number of esters is 2. The Morgan fingerprint density at radius 2 is 1.62 bits per heavy atom. The van der Waals surface area contributed by atoms with E-state index in [4.69, 9.17) is 0 Å². The fraction of sp³-hybridized carbons (Fsp3) is 0.692. The van der Waals surface area contributed by atoms with Crippen molar-refractivity contribution in [2.24, 2.45) is 0 Å². The summed E-state index contributed by atoms with van der Waals surface area (Å²) in [5, 5.41) is 0. The van der Waals surface area contributed by atoms with E-state index in [1.54, 1.807) is 0 Å². The number of cyclic esters (lactones) is 1. The lowest BCUT2D eigenvalue weighted by Gasteiger charge is -2.40. The van der Waals surface area contributed by atoms with Crippen molar-refractivity contribution in [3.05, 3.63) is 12.2 Å². The molecule has 0 radical (unpaired) electrons. The first-order valence-electron chi connectivity index (χ1n) is 6.59. The van der Waals surface area contributed by atoms with Crippen LogP contribution >= 0.6 is 0 Å². The highest BCUT2D eigenvalue weighted by atomic mass is 19.4. The molecule has 0 N–H and O–H groups in total. The Bertz CT molecular complexity index is 608. The van der Waals surface area contributed by atoms with Crippen LogP contribution in [0, 0.1) is 0 Å². The van der Waals surface area contributed by atoms with Gasteiger partial charge in [-0.25, -0.2) is 22.8 Å². The van der Waals surface area contributed by atoms with E-state index >= 15 is 0 Å². The summed E-state index contributed by atoms with van der Waals surface area (Å²) in [7, 11) is 0. The van der Waals surface area contributed by atoms with Crippen molar-refractivity contribution in [2.45, 2.75) is 55.9 Å². The predicted molar refractivity (Wildman–Crippen MR) is 64.7 cm³/mol. The van der Waals surface area contributed by atoms with E-state index in [1.807, 2.05) is 0 Å². The minimum atomic E-state index is -6.85. The molecule has 0 amide bonds. The van der Waals surface area contributed by atoms with Gasteiger partial charge in [-0.3, -0.25) is 0 Å². The maximum Gasteiger partial charge on any atom is 0.444 e. The van der Waals surface area contributed by atoms with E-state index in [9.17, 15) is 49.1 Å². The van der Waals surface area contributed by atoms with Crippen molar-refractivity contribution in [3.63, 3.8) is 0 Å². The van der Waals surface area contributed by atoms with Gasteiger partial charge in [0.2, 0.25) is 6.17 Å². The van der Waals surface area contributed by atoms with Crippen molar-refractivity contribution in [1.82, 2.24) is 0 Å². The van der Waals surface area contributed by atoms with Crippen molar-refractivity contribution in [2.75, 3.05) is 0 Å². The summed E-state index contributed by atoms with van der Waals surface area (Å²) in [6.07, 6.45) is -19.9. The second-order valence-electron chi connectivity index (χ2n) is 5.82. The second kappa shape index (κ2) is 6.05. The molecular weight excluding hydrogens is 391 g/mol. The number of carbonyl (C=O) groups is 2. The van der Waals surface area contributed by atoms with Gasteiger partial charge >= 0.3 is 35.8 Å². The maximum absolute atomic E-state index is 14.2. The molecule has 0 aromatic carbocycles. The Labute approximate surface area is 139 Å². The Morgan fingerprint density at radius 1 is 1.19 bits per heavy atom. The van der Waals surface area contributed by atoms with Gasteiger partial charge in [-0.05, 0) is 13.8 Å². The van der Waals surface area contributed by atoms with Crippen LogP contribution in [0.1, 0.15) is 20.3 Å². The zero-order valence-electron chi connectivity index (χ0n) is 13.0.